The van der Waals surface area contributed by atoms with Crippen LogP contribution in [0.2, 0.25) is 0 Å². The van der Waals surface area contributed by atoms with E-state index in [1.54, 1.807) is 0 Å². The van der Waals surface area contributed by atoms with Crippen LogP contribution in [0.4, 0.5) is 0 Å². The van der Waals surface area contributed by atoms with Crippen LogP contribution in [-0.2, 0) is 9.53 Å². The summed E-state index contributed by atoms with van der Waals surface area (Å²) in [6, 6.07) is -0.634. The highest BCUT2D eigenvalue weighted by Crippen LogP contribution is 2.33. The molecule has 0 spiro atoms. The number of hydrogen-bond acceptors (Lipinski definition) is 5. The van der Waals surface area contributed by atoms with Gasteiger partial charge in [-0.1, -0.05) is 6.42 Å². The second kappa shape index (κ2) is 6.54. The molecule has 1 N–H and O–H groups in total. The zero-order valence-corrected chi connectivity index (χ0v) is 10.0. The average molecular weight is 245 g/mol. The van der Waals surface area contributed by atoms with Crippen molar-refractivity contribution in [2.45, 2.75) is 38.1 Å². The van der Waals surface area contributed by atoms with E-state index in [-0.39, 0.29) is 29.8 Å². The van der Waals surface area contributed by atoms with E-state index >= 15 is 0 Å². The molecule has 0 heterocycles. The molecule has 0 radical (unpaired) electrons. The first-order valence-electron chi connectivity index (χ1n) is 5.91. The van der Waals surface area contributed by atoms with Gasteiger partial charge >= 0.3 is 5.97 Å². The van der Waals surface area contributed by atoms with Crippen LogP contribution in [0.1, 0.15) is 32.1 Å². The number of nitro groups is 1. The van der Waals surface area contributed by atoms with Crippen LogP contribution < -0.4 is 0 Å². The van der Waals surface area contributed by atoms with Crippen LogP contribution in [0.3, 0.4) is 0 Å². The summed E-state index contributed by atoms with van der Waals surface area (Å²) in [7, 11) is 1.28. The van der Waals surface area contributed by atoms with E-state index in [0.717, 1.165) is 12.8 Å². The van der Waals surface area contributed by atoms with Crippen molar-refractivity contribution >= 4 is 5.97 Å². The van der Waals surface area contributed by atoms with Gasteiger partial charge in [-0.15, -0.1) is 0 Å². The Hall–Kier alpha value is -1.17. The molecule has 1 fully saturated rings. The van der Waals surface area contributed by atoms with E-state index in [0.29, 0.717) is 12.8 Å². The maximum Gasteiger partial charge on any atom is 0.305 e. The van der Waals surface area contributed by atoms with Crippen LogP contribution in [-0.4, -0.2) is 35.8 Å². The largest absolute Gasteiger partial charge is 0.469 e. The molecule has 0 bridgehead atoms. The molecule has 6 nitrogen and oxygen atoms in total. The second-order valence-corrected chi connectivity index (χ2v) is 4.52. The highest BCUT2D eigenvalue weighted by atomic mass is 16.6. The van der Waals surface area contributed by atoms with Gasteiger partial charge < -0.3 is 9.84 Å². The summed E-state index contributed by atoms with van der Waals surface area (Å²) in [6.45, 7) is -0.204. The molecule has 1 aliphatic carbocycles. The molecular weight excluding hydrogens is 226 g/mol. The summed E-state index contributed by atoms with van der Waals surface area (Å²) in [5.41, 5.74) is 0. The van der Waals surface area contributed by atoms with Crippen molar-refractivity contribution in [1.29, 1.82) is 0 Å². The van der Waals surface area contributed by atoms with Gasteiger partial charge in [0.2, 0.25) is 6.04 Å². The fraction of sp³-hybridized carbons (Fsp3) is 0.909. The van der Waals surface area contributed by atoms with Crippen LogP contribution >= 0.6 is 0 Å². The highest BCUT2D eigenvalue weighted by molar-refractivity contribution is 5.69. The summed E-state index contributed by atoms with van der Waals surface area (Å²) >= 11 is 0. The molecule has 98 valence electrons. The van der Waals surface area contributed by atoms with Gasteiger partial charge in [0.05, 0.1) is 13.5 Å². The van der Waals surface area contributed by atoms with Crippen LogP contribution in [0.25, 0.3) is 0 Å². The van der Waals surface area contributed by atoms with Crippen molar-refractivity contribution in [1.82, 2.24) is 0 Å². The van der Waals surface area contributed by atoms with Gasteiger partial charge in [0.25, 0.3) is 0 Å². The number of aliphatic hydroxyl groups excluding tert-OH is 1. The lowest BCUT2D eigenvalue weighted by atomic mass is 9.75. The molecule has 0 aromatic heterocycles. The van der Waals surface area contributed by atoms with Gasteiger partial charge in [-0.25, -0.2) is 0 Å². The lowest BCUT2D eigenvalue weighted by Gasteiger charge is -2.30. The van der Waals surface area contributed by atoms with Crippen molar-refractivity contribution in [2.75, 3.05) is 13.7 Å². The average Bonchev–Trinajstić information content (AvgIpc) is 2.35. The van der Waals surface area contributed by atoms with Crippen molar-refractivity contribution in [3.63, 3.8) is 0 Å². The Morgan fingerprint density at radius 3 is 2.71 bits per heavy atom. The van der Waals surface area contributed by atoms with E-state index in [2.05, 4.69) is 4.74 Å². The molecule has 0 aromatic carbocycles. The third-order valence-corrected chi connectivity index (χ3v) is 3.55. The van der Waals surface area contributed by atoms with E-state index in [4.69, 9.17) is 0 Å². The molecule has 3 unspecified atom stereocenters. The Morgan fingerprint density at radius 2 is 2.18 bits per heavy atom. The first-order valence-corrected chi connectivity index (χ1v) is 5.91. The normalized spacial score (nSPS) is 26.2. The van der Waals surface area contributed by atoms with E-state index in [9.17, 15) is 20.0 Å². The number of methoxy groups -OCH3 is 1. The van der Waals surface area contributed by atoms with Crippen LogP contribution in [0, 0.1) is 22.0 Å². The summed E-state index contributed by atoms with van der Waals surface area (Å²) in [6.07, 6.45) is 3.07. The lowest BCUT2D eigenvalue weighted by Crippen LogP contribution is -2.39. The minimum Gasteiger partial charge on any atom is -0.469 e. The van der Waals surface area contributed by atoms with Gasteiger partial charge in [0.1, 0.15) is 0 Å². The summed E-state index contributed by atoms with van der Waals surface area (Å²) in [5, 5.41) is 20.2. The van der Waals surface area contributed by atoms with Gasteiger partial charge in [-0.3, -0.25) is 14.9 Å². The number of nitrogens with zero attached hydrogens (tertiary/aromatic N) is 1. The van der Waals surface area contributed by atoms with Crippen LogP contribution in [0.15, 0.2) is 0 Å². The molecule has 0 amide bonds. The maximum atomic E-state index is 11.2. The second-order valence-electron chi connectivity index (χ2n) is 4.52. The minimum atomic E-state index is -0.634. The minimum absolute atomic E-state index is 0.0575. The zero-order chi connectivity index (χ0) is 12.8. The number of ether oxygens (including phenoxy) is 1. The van der Waals surface area contributed by atoms with Crippen molar-refractivity contribution in [3.8, 4) is 0 Å². The molecule has 1 aliphatic rings. The Labute approximate surface area is 100 Å². The third-order valence-electron chi connectivity index (χ3n) is 3.55. The molecule has 17 heavy (non-hydrogen) atoms. The molecule has 1 rings (SSSR count). The summed E-state index contributed by atoms with van der Waals surface area (Å²) in [4.78, 5) is 21.9. The molecule has 3 atom stereocenters. The fourth-order valence-corrected chi connectivity index (χ4v) is 2.60. The Kier molecular flexibility index (Phi) is 5.34. The summed E-state index contributed by atoms with van der Waals surface area (Å²) < 4.78 is 4.55. The van der Waals surface area contributed by atoms with E-state index in [1.165, 1.54) is 7.11 Å². The third kappa shape index (κ3) is 3.66. The predicted octanol–water partition coefficient (Wildman–Crippen LogP) is 0.993. The standard InChI is InChI=1S/C11H19NO5/c1-17-11(14)6-8(7-13)9-4-2-3-5-10(9)12(15)16/h8-10,13H,2-7H2,1H3. The van der Waals surface area contributed by atoms with Crippen molar-refractivity contribution in [2.24, 2.45) is 11.8 Å². The topological polar surface area (TPSA) is 89.7 Å². The fourth-order valence-electron chi connectivity index (χ4n) is 2.60. The van der Waals surface area contributed by atoms with Gasteiger partial charge in [0, 0.05) is 29.8 Å². The number of esters is 1. The van der Waals surface area contributed by atoms with Crippen molar-refractivity contribution < 1.29 is 19.6 Å². The number of carbonyl (C=O) groups is 1. The first-order chi connectivity index (χ1) is 8.10. The van der Waals surface area contributed by atoms with Crippen molar-refractivity contribution in [3.05, 3.63) is 10.1 Å². The number of aliphatic hydroxyl groups is 1. The first kappa shape index (κ1) is 13.9. The van der Waals surface area contributed by atoms with Gasteiger partial charge in [0.15, 0.2) is 0 Å². The van der Waals surface area contributed by atoms with Gasteiger partial charge in [-0.05, 0) is 12.8 Å². The Balaban J connectivity index is 2.70. The quantitative estimate of drug-likeness (QED) is 0.443. The zero-order valence-electron chi connectivity index (χ0n) is 10.0. The molecule has 0 saturated heterocycles. The molecule has 0 aliphatic heterocycles. The number of carbonyl (C=O) groups excluding carboxylic acids is 1. The Bertz CT molecular complexity index is 281. The molecule has 6 heteroatoms. The van der Waals surface area contributed by atoms with E-state index < -0.39 is 12.0 Å². The van der Waals surface area contributed by atoms with E-state index in [1.807, 2.05) is 0 Å². The predicted molar refractivity (Wildman–Crippen MR) is 59.9 cm³/mol. The Morgan fingerprint density at radius 1 is 1.53 bits per heavy atom. The maximum absolute atomic E-state index is 11.2. The highest BCUT2D eigenvalue weighted by Gasteiger charge is 2.39. The van der Waals surface area contributed by atoms with Gasteiger partial charge in [-0.2, -0.15) is 0 Å². The smallest absolute Gasteiger partial charge is 0.305 e. The lowest BCUT2D eigenvalue weighted by molar-refractivity contribution is -0.538. The molecule has 1 saturated carbocycles. The molecule has 0 aromatic rings. The van der Waals surface area contributed by atoms with Crippen LogP contribution in [0.5, 0.6) is 0 Å². The summed E-state index contributed by atoms with van der Waals surface area (Å²) in [5.74, 6) is -1.00. The monoisotopic (exact) mass is 245 g/mol. The number of hydrogen-bond donors (Lipinski definition) is 1. The number of rotatable bonds is 5. The molecular formula is C11H19NO5. The SMILES string of the molecule is COC(=O)CC(CO)C1CCCCC1[N+](=O)[O-].